The number of hydrogen-bond acceptors (Lipinski definition) is 4. The lowest BCUT2D eigenvalue weighted by molar-refractivity contribution is 0.0782. The van der Waals surface area contributed by atoms with E-state index in [2.05, 4.69) is 16.9 Å². The third-order valence-corrected chi connectivity index (χ3v) is 2.60. The van der Waals surface area contributed by atoms with Crippen LogP contribution in [0, 0.1) is 5.92 Å². The molecule has 0 radical (unpaired) electrons. The van der Waals surface area contributed by atoms with Crippen molar-refractivity contribution in [1.82, 2.24) is 14.9 Å². The lowest BCUT2D eigenvalue weighted by atomic mass is 10.2. The number of nitrogens with two attached hydrogens (primary N) is 1. The molecule has 0 aromatic carbocycles. The van der Waals surface area contributed by atoms with Crippen molar-refractivity contribution in [3.05, 3.63) is 18.1 Å². The number of hydrogen-bond donors (Lipinski definition) is 1. The Morgan fingerprint density at radius 1 is 1.53 bits per heavy atom. The first-order valence-electron chi connectivity index (χ1n) is 5.03. The highest BCUT2D eigenvalue weighted by atomic mass is 16.2. The minimum atomic E-state index is -0.0492. The highest BCUT2D eigenvalue weighted by Crippen LogP contribution is 2.16. The van der Waals surface area contributed by atoms with Gasteiger partial charge in [0.1, 0.15) is 11.5 Å². The molecule has 5 nitrogen and oxygen atoms in total. The van der Waals surface area contributed by atoms with Crippen LogP contribution in [-0.2, 0) is 0 Å². The van der Waals surface area contributed by atoms with E-state index in [9.17, 15) is 4.79 Å². The summed E-state index contributed by atoms with van der Waals surface area (Å²) in [5.74, 6) is 0.865. The molecule has 1 saturated heterocycles. The van der Waals surface area contributed by atoms with Crippen LogP contribution in [0.2, 0.25) is 0 Å². The number of rotatable bonds is 1. The van der Waals surface area contributed by atoms with Crippen molar-refractivity contribution in [2.24, 2.45) is 5.92 Å². The van der Waals surface area contributed by atoms with Gasteiger partial charge in [-0.25, -0.2) is 9.97 Å². The Morgan fingerprint density at radius 2 is 2.33 bits per heavy atom. The molecule has 0 bridgehead atoms. The van der Waals surface area contributed by atoms with Gasteiger partial charge in [-0.1, -0.05) is 6.92 Å². The van der Waals surface area contributed by atoms with Crippen LogP contribution in [0.5, 0.6) is 0 Å². The molecule has 2 N–H and O–H groups in total. The van der Waals surface area contributed by atoms with E-state index in [4.69, 9.17) is 5.73 Å². The van der Waals surface area contributed by atoms with Gasteiger partial charge in [0.15, 0.2) is 0 Å². The van der Waals surface area contributed by atoms with E-state index >= 15 is 0 Å². The molecule has 1 atom stereocenters. The summed E-state index contributed by atoms with van der Waals surface area (Å²) in [6, 6.07) is 0. The highest BCUT2D eigenvalue weighted by Gasteiger charge is 2.24. The minimum Gasteiger partial charge on any atom is -0.382 e. The Balaban J connectivity index is 2.11. The van der Waals surface area contributed by atoms with E-state index in [0.29, 0.717) is 17.4 Å². The molecule has 0 aliphatic carbocycles. The molecule has 1 aromatic heterocycles. The first kappa shape index (κ1) is 9.89. The number of amides is 1. The molecule has 1 aliphatic rings. The second kappa shape index (κ2) is 3.84. The number of aromatic nitrogens is 2. The summed E-state index contributed by atoms with van der Waals surface area (Å²) in [5, 5.41) is 0. The van der Waals surface area contributed by atoms with Gasteiger partial charge in [-0.05, 0) is 12.3 Å². The average molecular weight is 206 g/mol. The highest BCUT2D eigenvalue weighted by molar-refractivity contribution is 5.92. The molecule has 2 rings (SSSR count). The molecule has 5 heteroatoms. The molecule has 1 aromatic rings. The van der Waals surface area contributed by atoms with Crippen LogP contribution >= 0.6 is 0 Å². The number of anilines is 1. The van der Waals surface area contributed by atoms with Crippen LogP contribution in [0.1, 0.15) is 23.8 Å². The summed E-state index contributed by atoms with van der Waals surface area (Å²) in [5.41, 5.74) is 5.78. The normalized spacial score (nSPS) is 20.6. The van der Waals surface area contributed by atoms with Gasteiger partial charge in [0.05, 0.1) is 12.4 Å². The third-order valence-electron chi connectivity index (χ3n) is 2.60. The number of nitrogen functional groups attached to an aromatic ring is 1. The van der Waals surface area contributed by atoms with Gasteiger partial charge in [0.2, 0.25) is 0 Å². The van der Waals surface area contributed by atoms with E-state index in [-0.39, 0.29) is 5.91 Å². The molecular formula is C10H14N4O. The topological polar surface area (TPSA) is 72.1 Å². The third kappa shape index (κ3) is 2.06. The molecule has 80 valence electrons. The minimum absolute atomic E-state index is 0.0492. The van der Waals surface area contributed by atoms with Gasteiger partial charge in [-0.2, -0.15) is 0 Å². The summed E-state index contributed by atoms with van der Waals surface area (Å²) in [6.07, 6.45) is 3.90. The summed E-state index contributed by atoms with van der Waals surface area (Å²) in [4.78, 5) is 21.5. The predicted molar refractivity (Wildman–Crippen MR) is 56.1 cm³/mol. The first-order valence-corrected chi connectivity index (χ1v) is 5.03. The fourth-order valence-corrected chi connectivity index (χ4v) is 1.73. The number of carbonyl (C=O) groups excluding carboxylic acids is 1. The second-order valence-electron chi connectivity index (χ2n) is 3.97. The largest absolute Gasteiger partial charge is 0.382 e. The van der Waals surface area contributed by atoms with Gasteiger partial charge in [0.25, 0.3) is 5.91 Å². The van der Waals surface area contributed by atoms with E-state index in [1.807, 2.05) is 4.90 Å². The summed E-state index contributed by atoms with van der Waals surface area (Å²) >= 11 is 0. The van der Waals surface area contributed by atoms with E-state index < -0.39 is 0 Å². The predicted octanol–water partition coefficient (Wildman–Crippen LogP) is 0.541. The van der Waals surface area contributed by atoms with E-state index in [1.165, 1.54) is 12.4 Å². The monoisotopic (exact) mass is 206 g/mol. The van der Waals surface area contributed by atoms with Gasteiger partial charge in [-0.3, -0.25) is 4.79 Å². The van der Waals surface area contributed by atoms with E-state index in [1.54, 1.807) is 0 Å². The number of nitrogens with zero attached hydrogens (tertiary/aromatic N) is 3. The van der Waals surface area contributed by atoms with Crippen molar-refractivity contribution in [1.29, 1.82) is 0 Å². The molecule has 0 spiro atoms. The van der Waals surface area contributed by atoms with Crippen molar-refractivity contribution in [3.63, 3.8) is 0 Å². The zero-order valence-electron chi connectivity index (χ0n) is 8.68. The second-order valence-corrected chi connectivity index (χ2v) is 3.97. The average Bonchev–Trinajstić information content (AvgIpc) is 2.65. The fraction of sp³-hybridized carbons (Fsp3) is 0.500. The zero-order valence-corrected chi connectivity index (χ0v) is 8.68. The van der Waals surface area contributed by atoms with Crippen LogP contribution in [0.25, 0.3) is 0 Å². The molecule has 1 aliphatic heterocycles. The zero-order chi connectivity index (χ0) is 10.8. The Hall–Kier alpha value is -1.65. The number of carbonyl (C=O) groups is 1. The summed E-state index contributed by atoms with van der Waals surface area (Å²) in [6.45, 7) is 3.76. The van der Waals surface area contributed by atoms with Crippen LogP contribution in [-0.4, -0.2) is 33.9 Å². The maximum atomic E-state index is 11.9. The molecule has 1 unspecified atom stereocenters. The fourth-order valence-electron chi connectivity index (χ4n) is 1.73. The van der Waals surface area contributed by atoms with Crippen molar-refractivity contribution in [2.75, 3.05) is 18.8 Å². The molecule has 15 heavy (non-hydrogen) atoms. The van der Waals surface area contributed by atoms with Crippen molar-refractivity contribution >= 4 is 11.7 Å². The van der Waals surface area contributed by atoms with Crippen LogP contribution in [0.15, 0.2) is 12.4 Å². The molecule has 2 heterocycles. The quantitative estimate of drug-likeness (QED) is 0.728. The maximum Gasteiger partial charge on any atom is 0.274 e. The molecule has 1 fully saturated rings. The lowest BCUT2D eigenvalue weighted by Crippen LogP contribution is -2.29. The lowest BCUT2D eigenvalue weighted by Gasteiger charge is -2.14. The standard InChI is InChI=1S/C10H14N4O/c1-7-2-3-14(6-7)10(15)8-4-13-9(11)5-12-8/h4-5,7H,2-3,6H2,1H3,(H2,11,13). The Kier molecular flexibility index (Phi) is 2.53. The van der Waals surface area contributed by atoms with Gasteiger partial charge in [0, 0.05) is 13.1 Å². The van der Waals surface area contributed by atoms with Crippen LogP contribution in [0.4, 0.5) is 5.82 Å². The molecule has 0 saturated carbocycles. The SMILES string of the molecule is CC1CCN(C(=O)c2cnc(N)cn2)C1. The van der Waals surface area contributed by atoms with Crippen molar-refractivity contribution < 1.29 is 4.79 Å². The Bertz CT molecular complexity index is 362. The van der Waals surface area contributed by atoms with Gasteiger partial charge < -0.3 is 10.6 Å². The van der Waals surface area contributed by atoms with Crippen molar-refractivity contribution in [3.8, 4) is 0 Å². The Labute approximate surface area is 88.3 Å². The Morgan fingerprint density at radius 3 is 2.87 bits per heavy atom. The molecular weight excluding hydrogens is 192 g/mol. The van der Waals surface area contributed by atoms with Crippen LogP contribution in [0.3, 0.4) is 0 Å². The maximum absolute atomic E-state index is 11.9. The van der Waals surface area contributed by atoms with Crippen molar-refractivity contribution in [2.45, 2.75) is 13.3 Å². The molecule has 1 amide bonds. The van der Waals surface area contributed by atoms with Gasteiger partial charge >= 0.3 is 0 Å². The summed E-state index contributed by atoms with van der Waals surface area (Å²) in [7, 11) is 0. The van der Waals surface area contributed by atoms with Gasteiger partial charge in [-0.15, -0.1) is 0 Å². The van der Waals surface area contributed by atoms with Crippen LogP contribution < -0.4 is 5.73 Å². The smallest absolute Gasteiger partial charge is 0.274 e. The van der Waals surface area contributed by atoms with E-state index in [0.717, 1.165) is 19.5 Å². The number of likely N-dealkylation sites (tertiary alicyclic amines) is 1. The first-order chi connectivity index (χ1) is 7.16. The summed E-state index contributed by atoms with van der Waals surface area (Å²) < 4.78 is 0.